The highest BCUT2D eigenvalue weighted by Gasteiger charge is 2.22. The zero-order chi connectivity index (χ0) is 11.4. The van der Waals surface area contributed by atoms with Crippen molar-refractivity contribution in [2.45, 2.75) is 45.2 Å². The Labute approximate surface area is 101 Å². The third-order valence-corrected chi connectivity index (χ3v) is 4.08. The van der Waals surface area contributed by atoms with Crippen LogP contribution in [-0.4, -0.2) is 34.2 Å². The molecule has 0 amide bonds. The number of aryl methyl sites for hydroxylation is 1. The van der Waals surface area contributed by atoms with Crippen LogP contribution in [-0.2, 0) is 6.54 Å². The Morgan fingerprint density at radius 1 is 1.50 bits per heavy atom. The minimum Gasteiger partial charge on any atom is -0.395 e. The van der Waals surface area contributed by atoms with Crippen LogP contribution >= 0.6 is 11.3 Å². The lowest BCUT2D eigenvalue weighted by molar-refractivity contribution is 0.143. The fourth-order valence-corrected chi connectivity index (χ4v) is 3.08. The van der Waals surface area contributed by atoms with Crippen molar-refractivity contribution >= 4 is 11.3 Å². The van der Waals surface area contributed by atoms with Crippen molar-refractivity contribution in [3.8, 4) is 0 Å². The summed E-state index contributed by atoms with van der Waals surface area (Å²) in [5.41, 5.74) is 1.16. The summed E-state index contributed by atoms with van der Waals surface area (Å²) in [5.74, 6) is 0. The zero-order valence-electron chi connectivity index (χ0n) is 9.85. The van der Waals surface area contributed by atoms with E-state index in [4.69, 9.17) is 5.11 Å². The molecule has 16 heavy (non-hydrogen) atoms. The van der Waals surface area contributed by atoms with Gasteiger partial charge in [-0.25, -0.2) is 4.98 Å². The number of aliphatic hydroxyl groups is 1. The summed E-state index contributed by atoms with van der Waals surface area (Å²) < 4.78 is 0. The molecule has 1 aromatic heterocycles. The fourth-order valence-electron chi connectivity index (χ4n) is 2.48. The highest BCUT2D eigenvalue weighted by Crippen LogP contribution is 2.24. The molecule has 0 aliphatic heterocycles. The van der Waals surface area contributed by atoms with E-state index in [1.165, 1.54) is 25.7 Å². The fraction of sp³-hybridized carbons (Fsp3) is 0.750. The lowest BCUT2D eigenvalue weighted by Crippen LogP contribution is -2.35. The Balaban J connectivity index is 1.96. The van der Waals surface area contributed by atoms with Crippen molar-refractivity contribution < 1.29 is 5.11 Å². The molecule has 0 unspecified atom stereocenters. The summed E-state index contributed by atoms with van der Waals surface area (Å²) in [5, 5.41) is 12.4. The quantitative estimate of drug-likeness (QED) is 0.857. The minimum absolute atomic E-state index is 0.250. The van der Waals surface area contributed by atoms with Gasteiger partial charge in [0.1, 0.15) is 0 Å². The van der Waals surface area contributed by atoms with Crippen LogP contribution in [0.25, 0.3) is 0 Å². The van der Waals surface area contributed by atoms with Crippen molar-refractivity contribution in [3.63, 3.8) is 0 Å². The van der Waals surface area contributed by atoms with Crippen LogP contribution in [0.5, 0.6) is 0 Å². The first kappa shape index (κ1) is 12.0. The van der Waals surface area contributed by atoms with E-state index in [0.29, 0.717) is 6.04 Å². The molecule has 0 bridgehead atoms. The maximum Gasteiger partial charge on any atom is 0.0897 e. The van der Waals surface area contributed by atoms with Crippen molar-refractivity contribution in [2.24, 2.45) is 0 Å². The number of thiazole rings is 1. The lowest BCUT2D eigenvalue weighted by atomic mass is 10.2. The van der Waals surface area contributed by atoms with Gasteiger partial charge < -0.3 is 5.11 Å². The van der Waals surface area contributed by atoms with E-state index in [1.54, 1.807) is 11.3 Å². The highest BCUT2D eigenvalue weighted by molar-refractivity contribution is 7.09. The van der Waals surface area contributed by atoms with E-state index < -0.39 is 0 Å². The predicted molar refractivity (Wildman–Crippen MR) is 66.6 cm³/mol. The van der Waals surface area contributed by atoms with E-state index in [1.807, 2.05) is 6.92 Å². The largest absolute Gasteiger partial charge is 0.395 e. The molecule has 90 valence electrons. The number of aliphatic hydroxyl groups excluding tert-OH is 1. The Morgan fingerprint density at radius 2 is 2.25 bits per heavy atom. The molecule has 2 rings (SSSR count). The third kappa shape index (κ3) is 3.03. The van der Waals surface area contributed by atoms with Gasteiger partial charge in [0.05, 0.1) is 17.3 Å². The Bertz CT molecular complexity index is 321. The van der Waals surface area contributed by atoms with Gasteiger partial charge in [0.2, 0.25) is 0 Å². The van der Waals surface area contributed by atoms with Gasteiger partial charge >= 0.3 is 0 Å². The summed E-state index contributed by atoms with van der Waals surface area (Å²) in [4.78, 5) is 6.89. The smallest absolute Gasteiger partial charge is 0.0897 e. The maximum atomic E-state index is 9.12. The molecular weight excluding hydrogens is 220 g/mol. The number of aromatic nitrogens is 1. The summed E-state index contributed by atoms with van der Waals surface area (Å²) in [7, 11) is 0. The van der Waals surface area contributed by atoms with Gasteiger partial charge in [-0.2, -0.15) is 0 Å². The number of rotatable bonds is 5. The van der Waals surface area contributed by atoms with E-state index in [9.17, 15) is 0 Å². The number of hydrogen-bond donors (Lipinski definition) is 1. The molecule has 1 fully saturated rings. The van der Waals surface area contributed by atoms with Crippen LogP contribution in [0.2, 0.25) is 0 Å². The summed E-state index contributed by atoms with van der Waals surface area (Å²) >= 11 is 1.71. The summed E-state index contributed by atoms with van der Waals surface area (Å²) in [6, 6.07) is 0.661. The molecule has 0 saturated heterocycles. The molecule has 1 N–H and O–H groups in total. The summed E-state index contributed by atoms with van der Waals surface area (Å²) in [6.45, 7) is 3.97. The van der Waals surface area contributed by atoms with Gasteiger partial charge in [-0.05, 0) is 19.8 Å². The summed E-state index contributed by atoms with van der Waals surface area (Å²) in [6.07, 6.45) is 5.23. The van der Waals surface area contributed by atoms with Crippen LogP contribution in [0.3, 0.4) is 0 Å². The molecule has 0 spiro atoms. The molecular formula is C12H20N2OS. The van der Waals surface area contributed by atoms with Crippen LogP contribution in [0.15, 0.2) is 5.38 Å². The molecule has 0 atom stereocenters. The maximum absolute atomic E-state index is 9.12. The van der Waals surface area contributed by atoms with Gasteiger partial charge in [0.25, 0.3) is 0 Å². The van der Waals surface area contributed by atoms with Gasteiger partial charge in [-0.15, -0.1) is 11.3 Å². The average Bonchev–Trinajstić information content (AvgIpc) is 2.88. The van der Waals surface area contributed by atoms with Gasteiger partial charge in [0, 0.05) is 24.5 Å². The second-order valence-electron chi connectivity index (χ2n) is 4.49. The van der Waals surface area contributed by atoms with Crippen molar-refractivity contribution in [1.29, 1.82) is 0 Å². The zero-order valence-corrected chi connectivity index (χ0v) is 10.7. The molecule has 1 aliphatic rings. The number of hydrogen-bond acceptors (Lipinski definition) is 4. The standard InChI is InChI=1S/C12H20N2OS/c1-10-13-11(9-16-10)8-14(6-7-15)12-4-2-3-5-12/h9,12,15H,2-8H2,1H3. The SMILES string of the molecule is Cc1nc(CN(CCO)C2CCCC2)cs1. The Hall–Kier alpha value is -0.450. The first-order valence-electron chi connectivity index (χ1n) is 6.05. The van der Waals surface area contributed by atoms with Crippen LogP contribution in [0.4, 0.5) is 0 Å². The molecule has 0 aromatic carbocycles. The minimum atomic E-state index is 0.250. The lowest BCUT2D eigenvalue weighted by Gasteiger charge is -2.27. The van der Waals surface area contributed by atoms with E-state index >= 15 is 0 Å². The highest BCUT2D eigenvalue weighted by atomic mass is 32.1. The molecule has 3 nitrogen and oxygen atoms in total. The number of nitrogens with zero attached hydrogens (tertiary/aromatic N) is 2. The molecule has 0 radical (unpaired) electrons. The second-order valence-corrected chi connectivity index (χ2v) is 5.55. The topological polar surface area (TPSA) is 36.4 Å². The molecule has 1 saturated carbocycles. The normalized spacial score (nSPS) is 17.4. The Kier molecular flexibility index (Phi) is 4.32. The molecule has 1 aliphatic carbocycles. The third-order valence-electron chi connectivity index (χ3n) is 3.26. The van der Waals surface area contributed by atoms with Gasteiger partial charge in [-0.1, -0.05) is 12.8 Å². The molecule has 1 aromatic rings. The van der Waals surface area contributed by atoms with Crippen molar-refractivity contribution in [2.75, 3.05) is 13.2 Å². The predicted octanol–water partition coefficient (Wildman–Crippen LogP) is 2.19. The van der Waals surface area contributed by atoms with Gasteiger partial charge in [0.15, 0.2) is 0 Å². The van der Waals surface area contributed by atoms with E-state index in [-0.39, 0.29) is 6.61 Å². The van der Waals surface area contributed by atoms with Gasteiger partial charge in [-0.3, -0.25) is 4.90 Å². The van der Waals surface area contributed by atoms with E-state index in [2.05, 4.69) is 15.3 Å². The second kappa shape index (κ2) is 5.75. The first-order valence-corrected chi connectivity index (χ1v) is 6.93. The van der Waals surface area contributed by atoms with Crippen LogP contribution in [0.1, 0.15) is 36.4 Å². The first-order chi connectivity index (χ1) is 7.79. The van der Waals surface area contributed by atoms with Crippen LogP contribution < -0.4 is 0 Å². The molecule has 1 heterocycles. The monoisotopic (exact) mass is 240 g/mol. The molecule has 4 heteroatoms. The van der Waals surface area contributed by atoms with E-state index in [0.717, 1.165) is 23.8 Å². The van der Waals surface area contributed by atoms with Crippen LogP contribution in [0, 0.1) is 6.92 Å². The Morgan fingerprint density at radius 3 is 2.81 bits per heavy atom. The van der Waals surface area contributed by atoms with Crippen molar-refractivity contribution in [3.05, 3.63) is 16.1 Å². The average molecular weight is 240 g/mol. The van der Waals surface area contributed by atoms with Crippen molar-refractivity contribution in [1.82, 2.24) is 9.88 Å².